The van der Waals surface area contributed by atoms with E-state index in [0.29, 0.717) is 11.0 Å². The average molecular weight is 298 g/mol. The van der Waals surface area contributed by atoms with Gasteiger partial charge in [0.2, 0.25) is 0 Å². The first-order valence-corrected chi connectivity index (χ1v) is 6.74. The highest BCUT2D eigenvalue weighted by atomic mass is 16.5. The Balaban J connectivity index is 1.84. The molecule has 112 valence electrons. The molecule has 22 heavy (non-hydrogen) atoms. The van der Waals surface area contributed by atoms with Crippen molar-refractivity contribution in [1.82, 2.24) is 9.78 Å². The molecule has 0 spiro atoms. The lowest BCUT2D eigenvalue weighted by Gasteiger charge is -2.04. The number of nitrogens with zero attached hydrogens (tertiary/aromatic N) is 2. The SMILES string of the molecule is Cc1nn(C)cc1COC(=O)c1cc2ccccc2oc1=O. The topological polar surface area (TPSA) is 74.3 Å². The van der Waals surface area contributed by atoms with Crippen LogP contribution in [0.3, 0.4) is 0 Å². The van der Waals surface area contributed by atoms with Crippen LogP contribution in [0.4, 0.5) is 0 Å². The summed E-state index contributed by atoms with van der Waals surface area (Å²) in [5.74, 6) is -0.706. The molecule has 0 fully saturated rings. The van der Waals surface area contributed by atoms with Crippen molar-refractivity contribution < 1.29 is 13.9 Å². The van der Waals surface area contributed by atoms with Crippen molar-refractivity contribution in [3.63, 3.8) is 0 Å². The van der Waals surface area contributed by atoms with Gasteiger partial charge in [-0.15, -0.1) is 0 Å². The van der Waals surface area contributed by atoms with Crippen molar-refractivity contribution in [3.8, 4) is 0 Å². The number of hydrogen-bond acceptors (Lipinski definition) is 5. The third kappa shape index (κ3) is 2.63. The quantitative estimate of drug-likeness (QED) is 0.547. The standard InChI is InChI=1S/C16H14N2O4/c1-10-12(8-18(2)17-10)9-21-15(19)13-7-11-5-3-4-6-14(11)22-16(13)20/h3-8H,9H2,1-2H3. The minimum atomic E-state index is -0.706. The number of aromatic nitrogens is 2. The molecule has 0 saturated carbocycles. The summed E-state index contributed by atoms with van der Waals surface area (Å²) in [5, 5.41) is 4.84. The van der Waals surface area contributed by atoms with Crippen LogP contribution in [0, 0.1) is 6.92 Å². The Morgan fingerprint density at radius 3 is 2.86 bits per heavy atom. The highest BCUT2D eigenvalue weighted by Gasteiger charge is 2.16. The van der Waals surface area contributed by atoms with Gasteiger partial charge in [0, 0.05) is 24.2 Å². The predicted molar refractivity (Wildman–Crippen MR) is 79.5 cm³/mol. The first kappa shape index (κ1) is 14.1. The minimum absolute atomic E-state index is 0.0603. The van der Waals surface area contributed by atoms with Crippen LogP contribution in [0.2, 0.25) is 0 Å². The number of para-hydroxylation sites is 1. The van der Waals surface area contributed by atoms with Crippen LogP contribution in [0.25, 0.3) is 11.0 Å². The zero-order valence-corrected chi connectivity index (χ0v) is 12.2. The molecule has 0 N–H and O–H groups in total. The number of rotatable bonds is 3. The van der Waals surface area contributed by atoms with Crippen molar-refractivity contribution >= 4 is 16.9 Å². The summed E-state index contributed by atoms with van der Waals surface area (Å²) >= 11 is 0. The molecule has 0 aliphatic heterocycles. The molecule has 6 heteroatoms. The van der Waals surface area contributed by atoms with Crippen molar-refractivity contribution in [2.24, 2.45) is 7.05 Å². The number of aryl methyl sites for hydroxylation is 2. The van der Waals surface area contributed by atoms with E-state index in [-0.39, 0.29) is 12.2 Å². The summed E-state index contributed by atoms with van der Waals surface area (Å²) in [6, 6.07) is 8.48. The van der Waals surface area contributed by atoms with Gasteiger partial charge in [0.25, 0.3) is 0 Å². The largest absolute Gasteiger partial charge is 0.457 e. The molecule has 0 bridgehead atoms. The molecule has 1 aromatic carbocycles. The van der Waals surface area contributed by atoms with Crippen molar-refractivity contribution in [1.29, 1.82) is 0 Å². The van der Waals surface area contributed by atoms with Crippen LogP contribution in [0.5, 0.6) is 0 Å². The van der Waals surface area contributed by atoms with Gasteiger partial charge in [-0.05, 0) is 19.1 Å². The summed E-state index contributed by atoms with van der Waals surface area (Å²) < 4.78 is 11.9. The lowest BCUT2D eigenvalue weighted by Crippen LogP contribution is -2.16. The first-order valence-electron chi connectivity index (χ1n) is 6.74. The van der Waals surface area contributed by atoms with Gasteiger partial charge in [0.15, 0.2) is 0 Å². The smallest absolute Gasteiger partial charge is 0.351 e. The molecule has 2 aromatic heterocycles. The molecule has 0 saturated heterocycles. The van der Waals surface area contributed by atoms with Gasteiger partial charge in [-0.1, -0.05) is 18.2 Å². The summed E-state index contributed by atoms with van der Waals surface area (Å²) in [6.07, 6.45) is 1.77. The molecular formula is C16H14N2O4. The van der Waals surface area contributed by atoms with E-state index in [9.17, 15) is 9.59 Å². The van der Waals surface area contributed by atoms with E-state index in [0.717, 1.165) is 11.3 Å². The second-order valence-corrected chi connectivity index (χ2v) is 4.97. The van der Waals surface area contributed by atoms with Gasteiger partial charge in [0.05, 0.1) is 5.69 Å². The highest BCUT2D eigenvalue weighted by Crippen LogP contribution is 2.14. The van der Waals surface area contributed by atoms with E-state index < -0.39 is 11.6 Å². The maximum atomic E-state index is 12.1. The molecule has 3 rings (SSSR count). The van der Waals surface area contributed by atoms with Gasteiger partial charge >= 0.3 is 11.6 Å². The van der Waals surface area contributed by atoms with E-state index in [1.165, 1.54) is 6.07 Å². The van der Waals surface area contributed by atoms with Crippen LogP contribution in [-0.4, -0.2) is 15.7 Å². The van der Waals surface area contributed by atoms with Gasteiger partial charge in [-0.3, -0.25) is 4.68 Å². The van der Waals surface area contributed by atoms with Crippen molar-refractivity contribution in [2.75, 3.05) is 0 Å². The lowest BCUT2D eigenvalue weighted by molar-refractivity contribution is 0.0467. The number of fused-ring (bicyclic) bond motifs is 1. The number of esters is 1. The van der Waals surface area contributed by atoms with Gasteiger partial charge in [0.1, 0.15) is 17.8 Å². The molecule has 0 amide bonds. The Bertz CT molecular complexity index is 908. The van der Waals surface area contributed by atoms with Crippen molar-refractivity contribution in [3.05, 3.63) is 63.8 Å². The molecule has 3 aromatic rings. The molecule has 6 nitrogen and oxygen atoms in total. The Morgan fingerprint density at radius 2 is 2.14 bits per heavy atom. The van der Waals surface area contributed by atoms with Crippen LogP contribution in [0.15, 0.2) is 45.7 Å². The number of carbonyl (C=O) groups is 1. The lowest BCUT2D eigenvalue weighted by atomic mass is 10.2. The fourth-order valence-electron chi connectivity index (χ4n) is 2.22. The van der Waals surface area contributed by atoms with E-state index >= 15 is 0 Å². The second-order valence-electron chi connectivity index (χ2n) is 4.97. The van der Waals surface area contributed by atoms with E-state index in [2.05, 4.69) is 5.10 Å². The maximum Gasteiger partial charge on any atom is 0.351 e. The molecule has 2 heterocycles. The number of carbonyl (C=O) groups excluding carboxylic acids is 1. The van der Waals surface area contributed by atoms with E-state index in [1.807, 2.05) is 6.92 Å². The third-order valence-electron chi connectivity index (χ3n) is 3.34. The molecule has 0 unspecified atom stereocenters. The molecule has 0 aliphatic carbocycles. The normalized spacial score (nSPS) is 10.8. The summed E-state index contributed by atoms with van der Waals surface area (Å²) in [7, 11) is 1.79. The zero-order chi connectivity index (χ0) is 15.7. The van der Waals surface area contributed by atoms with E-state index in [4.69, 9.17) is 9.15 Å². The minimum Gasteiger partial charge on any atom is -0.457 e. The Kier molecular flexibility index (Phi) is 3.50. The van der Waals surface area contributed by atoms with Crippen LogP contribution < -0.4 is 5.63 Å². The number of hydrogen-bond donors (Lipinski definition) is 0. The number of ether oxygens (including phenoxy) is 1. The predicted octanol–water partition coefficient (Wildman–Crippen LogP) is 2.19. The average Bonchev–Trinajstić information content (AvgIpc) is 2.82. The fourth-order valence-corrected chi connectivity index (χ4v) is 2.22. The first-order chi connectivity index (χ1) is 10.5. The Labute approximate surface area is 125 Å². The Hall–Kier alpha value is -2.89. The monoisotopic (exact) mass is 298 g/mol. The highest BCUT2D eigenvalue weighted by molar-refractivity contribution is 5.92. The molecule has 0 radical (unpaired) electrons. The molecule has 0 atom stereocenters. The molecular weight excluding hydrogens is 284 g/mol. The van der Waals surface area contributed by atoms with Crippen LogP contribution in [-0.2, 0) is 18.4 Å². The van der Waals surface area contributed by atoms with Gasteiger partial charge in [-0.2, -0.15) is 5.10 Å². The fraction of sp³-hybridized carbons (Fsp3) is 0.188. The second kappa shape index (κ2) is 5.48. The van der Waals surface area contributed by atoms with Crippen molar-refractivity contribution in [2.45, 2.75) is 13.5 Å². The molecule has 0 aliphatic rings. The van der Waals surface area contributed by atoms with E-state index in [1.54, 1.807) is 42.2 Å². The van der Waals surface area contributed by atoms with Crippen LogP contribution in [0.1, 0.15) is 21.6 Å². The summed E-state index contributed by atoms with van der Waals surface area (Å²) in [6.45, 7) is 1.89. The summed E-state index contributed by atoms with van der Waals surface area (Å²) in [5.41, 5.74) is 1.20. The zero-order valence-electron chi connectivity index (χ0n) is 12.2. The maximum absolute atomic E-state index is 12.1. The third-order valence-corrected chi connectivity index (χ3v) is 3.34. The number of benzene rings is 1. The summed E-state index contributed by atoms with van der Waals surface area (Å²) in [4.78, 5) is 24.0. The van der Waals surface area contributed by atoms with Gasteiger partial charge < -0.3 is 9.15 Å². The van der Waals surface area contributed by atoms with Gasteiger partial charge in [-0.25, -0.2) is 9.59 Å². The van der Waals surface area contributed by atoms with Crippen LogP contribution >= 0.6 is 0 Å². The Morgan fingerprint density at radius 1 is 1.36 bits per heavy atom.